The molecule has 68 heavy (non-hydrogen) atoms. The SMILES string of the molecule is CCC1CCCCCC(NC(=O)CCC(C)SSCCC(=O)N(C)[C@@H](C)C(=O)O[C@H]2CC(=O)N(C)c3cc(cc(OC)c3Cl)C/C(C)=C/C=C/[C@@H](OC)[C@@]3(O)CC(OC(=O)N3)[C@@H](C)C3O[C@]32C)C1. The van der Waals surface area contributed by atoms with Crippen LogP contribution in [0.1, 0.15) is 124 Å². The van der Waals surface area contributed by atoms with Gasteiger partial charge in [0.25, 0.3) is 0 Å². The minimum atomic E-state index is -1.84. The summed E-state index contributed by atoms with van der Waals surface area (Å²) in [5.41, 5.74) is -0.973. The summed E-state index contributed by atoms with van der Waals surface area (Å²) in [6, 6.07) is 2.84. The highest BCUT2D eigenvalue weighted by molar-refractivity contribution is 8.76. The first-order valence-corrected chi connectivity index (χ1v) is 26.9. The van der Waals surface area contributed by atoms with E-state index in [2.05, 4.69) is 24.5 Å². The first kappa shape index (κ1) is 55.4. The number of epoxide rings is 1. The van der Waals surface area contributed by atoms with Crippen LogP contribution in [0.15, 0.2) is 35.9 Å². The molecule has 0 aromatic heterocycles. The first-order chi connectivity index (χ1) is 32.2. The van der Waals surface area contributed by atoms with Gasteiger partial charge < -0.3 is 43.9 Å². The van der Waals surface area contributed by atoms with Gasteiger partial charge in [-0.05, 0) is 70.1 Å². The molecule has 5 rings (SSSR count). The average Bonchev–Trinajstić information content (AvgIpc) is 3.99. The van der Waals surface area contributed by atoms with Gasteiger partial charge in [0.05, 0.1) is 25.3 Å². The van der Waals surface area contributed by atoms with E-state index in [1.807, 2.05) is 13.0 Å². The molecule has 4 aliphatic rings. The van der Waals surface area contributed by atoms with Crippen molar-refractivity contribution in [2.75, 3.05) is 39.0 Å². The summed E-state index contributed by atoms with van der Waals surface area (Å²) in [7, 11) is 9.27. The number of halogens is 1. The molecule has 5 unspecified atom stereocenters. The van der Waals surface area contributed by atoms with Crippen LogP contribution in [0.2, 0.25) is 5.02 Å². The zero-order valence-corrected chi connectivity index (χ0v) is 44.0. The Morgan fingerprint density at radius 1 is 1.13 bits per heavy atom. The van der Waals surface area contributed by atoms with Crippen LogP contribution < -0.4 is 20.3 Å². The minimum Gasteiger partial charge on any atom is -0.495 e. The Balaban J connectivity index is 1.25. The summed E-state index contributed by atoms with van der Waals surface area (Å²) in [5, 5.41) is 18.1. The maximum Gasteiger partial charge on any atom is 0.409 e. The van der Waals surface area contributed by atoms with E-state index >= 15 is 0 Å². The van der Waals surface area contributed by atoms with Gasteiger partial charge in [0.1, 0.15) is 40.7 Å². The Bertz CT molecular complexity index is 2010. The maximum atomic E-state index is 14.3. The Hall–Kier alpha value is -3.48. The molecule has 11 atom stereocenters. The average molecular weight is 1010 g/mol. The molecule has 4 amide bonds. The summed E-state index contributed by atoms with van der Waals surface area (Å²) < 4.78 is 29.5. The molecule has 1 aromatic rings. The lowest BCUT2D eigenvalue weighted by atomic mass is 9.83. The topological polar surface area (TPSA) is 186 Å². The van der Waals surface area contributed by atoms with E-state index in [-0.39, 0.29) is 47.4 Å². The molecule has 3 N–H and O–H groups in total. The van der Waals surface area contributed by atoms with E-state index in [1.165, 1.54) is 43.3 Å². The van der Waals surface area contributed by atoms with Crippen molar-refractivity contribution in [2.24, 2.45) is 11.8 Å². The lowest BCUT2D eigenvalue weighted by Gasteiger charge is -2.42. The van der Waals surface area contributed by atoms with Gasteiger partial charge in [-0.1, -0.05) is 110 Å². The van der Waals surface area contributed by atoms with Gasteiger partial charge in [-0.25, -0.2) is 9.59 Å². The first-order valence-electron chi connectivity index (χ1n) is 24.2. The number of methoxy groups -OCH3 is 2. The molecule has 18 heteroatoms. The number of ether oxygens (including phenoxy) is 5. The van der Waals surface area contributed by atoms with E-state index in [4.69, 9.17) is 35.3 Å². The predicted octanol–water partition coefficient (Wildman–Crippen LogP) is 8.32. The number of hydrogen-bond donors (Lipinski definition) is 3. The number of carbonyl (C=O) groups excluding carboxylic acids is 5. The number of carbonyl (C=O) groups is 5. The van der Waals surface area contributed by atoms with E-state index in [0.29, 0.717) is 35.9 Å². The Morgan fingerprint density at radius 3 is 2.57 bits per heavy atom. The number of rotatable bonds is 15. The molecule has 2 saturated heterocycles. The van der Waals surface area contributed by atoms with Crippen LogP contribution >= 0.6 is 33.2 Å². The third-order valence-electron chi connectivity index (χ3n) is 14.2. The van der Waals surface area contributed by atoms with Crippen LogP contribution in [0.3, 0.4) is 0 Å². The second-order valence-corrected chi connectivity index (χ2v) is 22.6. The van der Waals surface area contributed by atoms with Crippen molar-refractivity contribution in [3.63, 3.8) is 0 Å². The van der Waals surface area contributed by atoms with Crippen LogP contribution in [0.4, 0.5) is 10.5 Å². The number of benzene rings is 1. The van der Waals surface area contributed by atoms with Gasteiger partial charge in [-0.2, -0.15) is 0 Å². The molecule has 0 radical (unpaired) electrons. The number of nitrogens with zero attached hydrogens (tertiary/aromatic N) is 2. The van der Waals surface area contributed by atoms with E-state index in [0.717, 1.165) is 43.2 Å². The highest BCUT2D eigenvalue weighted by Crippen LogP contribution is 2.49. The highest BCUT2D eigenvalue weighted by atomic mass is 35.5. The lowest BCUT2D eigenvalue weighted by molar-refractivity contribution is -0.162. The van der Waals surface area contributed by atoms with Crippen LogP contribution in [0.5, 0.6) is 5.75 Å². The maximum absolute atomic E-state index is 14.3. The number of amides is 4. The van der Waals surface area contributed by atoms with Gasteiger partial charge in [0.15, 0.2) is 5.72 Å². The van der Waals surface area contributed by atoms with Crippen molar-refractivity contribution >= 4 is 68.7 Å². The quantitative estimate of drug-likeness (QED) is 0.0660. The third kappa shape index (κ3) is 14.6. The van der Waals surface area contributed by atoms with E-state index in [9.17, 15) is 29.1 Å². The molecule has 1 aliphatic carbocycles. The van der Waals surface area contributed by atoms with Gasteiger partial charge in [-0.15, -0.1) is 0 Å². The predicted molar refractivity (Wildman–Crippen MR) is 268 cm³/mol. The van der Waals surface area contributed by atoms with Crippen LogP contribution in [-0.4, -0.2) is 127 Å². The standard InChI is InChI=1S/C50H75ClN4O11S2/c1-11-34-17-13-12-14-18-36(25-34)52-42(56)21-20-31(3)68-67-23-22-43(57)54(7)33(5)47(59)65-41-28-44(58)55(8)37-26-35(27-38(62-9)45(37)51)24-30(2)16-15-19-40(63-10)50(61)29-39(64-48(60)53-50)32(4)46-49(41,6)66-46/h15-16,19,26-27,31-34,36,39-41,46,61H,11-14,17-18,20-25,28-29H2,1-10H3,(H,52,56)(H,53,60)/b19-15+,30-16+/t31?,32-,33+,34?,36?,39?,40-,41+,46?,49+,50+/m1/s1. The van der Waals surface area contributed by atoms with Crippen LogP contribution in [0, 0.1) is 11.8 Å². The molecule has 380 valence electrons. The summed E-state index contributed by atoms with van der Waals surface area (Å²) in [6.07, 6.45) is 10.4. The molecule has 3 fully saturated rings. The second-order valence-electron chi connectivity index (χ2n) is 19.3. The fourth-order valence-electron chi connectivity index (χ4n) is 9.51. The minimum absolute atomic E-state index is 0.0612. The van der Waals surface area contributed by atoms with Gasteiger partial charge in [-0.3, -0.25) is 19.7 Å². The Morgan fingerprint density at radius 2 is 1.87 bits per heavy atom. The second kappa shape index (κ2) is 25.1. The molecule has 1 saturated carbocycles. The zero-order chi connectivity index (χ0) is 49.9. The molecule has 3 aliphatic heterocycles. The summed E-state index contributed by atoms with van der Waals surface area (Å²) in [5.74, 6) is -0.323. The molecule has 4 bridgehead atoms. The van der Waals surface area contributed by atoms with E-state index < -0.39 is 65.7 Å². The number of anilines is 1. The van der Waals surface area contributed by atoms with E-state index in [1.54, 1.807) is 80.7 Å². The molecular formula is C50H75ClN4O11S2. The van der Waals surface area contributed by atoms with Crippen LogP contribution in [-0.2, 0) is 44.5 Å². The zero-order valence-electron chi connectivity index (χ0n) is 41.6. The number of nitrogens with one attached hydrogen (secondary N) is 2. The number of allylic oxidation sites excluding steroid dienone is 3. The summed E-state index contributed by atoms with van der Waals surface area (Å²) in [6.45, 7) is 11.4. The molecule has 3 heterocycles. The highest BCUT2D eigenvalue weighted by Gasteiger charge is 2.64. The molecule has 15 nitrogen and oxygen atoms in total. The smallest absolute Gasteiger partial charge is 0.409 e. The van der Waals surface area contributed by atoms with Crippen molar-refractivity contribution in [1.82, 2.24) is 15.5 Å². The third-order valence-corrected chi connectivity index (χ3v) is 17.5. The number of likely N-dealkylation sites (N-methyl/N-ethyl adjacent to an activating group) is 1. The van der Waals surface area contributed by atoms with Crippen molar-refractivity contribution in [2.45, 2.75) is 178 Å². The summed E-state index contributed by atoms with van der Waals surface area (Å²) in [4.78, 5) is 70.5. The number of esters is 1. The number of fused-ring (bicyclic) bond motifs is 5. The monoisotopic (exact) mass is 1010 g/mol. The van der Waals surface area contributed by atoms with Crippen molar-refractivity contribution in [1.29, 1.82) is 0 Å². The number of aliphatic hydroxyl groups is 1. The van der Waals surface area contributed by atoms with Gasteiger partial charge in [0, 0.05) is 63.4 Å². The Labute approximate surface area is 416 Å². The largest absolute Gasteiger partial charge is 0.495 e. The molecule has 0 spiro atoms. The van der Waals surface area contributed by atoms with Crippen molar-refractivity contribution < 1.29 is 52.8 Å². The van der Waals surface area contributed by atoms with Crippen molar-refractivity contribution in [3.05, 3.63) is 46.5 Å². The summed E-state index contributed by atoms with van der Waals surface area (Å²) >= 11 is 6.82. The fraction of sp³-hybridized carbons (Fsp3) is 0.700. The lowest BCUT2D eigenvalue weighted by Crippen LogP contribution is -2.63. The number of alkyl carbamates (subject to hydrolysis) is 1. The normalized spacial score (nSPS) is 31.2. The number of hydrogen-bond acceptors (Lipinski definition) is 13. The molecule has 1 aromatic carbocycles. The van der Waals surface area contributed by atoms with Crippen molar-refractivity contribution in [3.8, 4) is 5.75 Å². The molecular weight excluding hydrogens is 932 g/mol. The van der Waals surface area contributed by atoms with Gasteiger partial charge >= 0.3 is 12.1 Å². The Kier molecular flexibility index (Phi) is 20.4. The fourth-order valence-corrected chi connectivity index (χ4v) is 12.1. The van der Waals surface area contributed by atoms with Gasteiger partial charge in [0.2, 0.25) is 17.7 Å². The van der Waals surface area contributed by atoms with Crippen LogP contribution in [0.25, 0.3) is 0 Å².